The van der Waals surface area contributed by atoms with Crippen LogP contribution in [0.2, 0.25) is 0 Å². The molecule has 0 aliphatic carbocycles. The van der Waals surface area contributed by atoms with E-state index in [9.17, 15) is 10.1 Å². The highest BCUT2D eigenvalue weighted by Gasteiger charge is 2.23. The number of aryl methyl sites for hydroxylation is 1. The lowest BCUT2D eigenvalue weighted by molar-refractivity contribution is 0.1000. The lowest BCUT2D eigenvalue weighted by Gasteiger charge is -2.17. The van der Waals surface area contributed by atoms with E-state index in [4.69, 9.17) is 5.73 Å². The number of hydrogen-bond acceptors (Lipinski definition) is 5. The number of aromatic nitrogens is 2. The van der Waals surface area contributed by atoms with Crippen LogP contribution in [0.3, 0.4) is 0 Å². The Balaban J connectivity index is 1.75. The predicted octanol–water partition coefficient (Wildman–Crippen LogP) is 3.86. The van der Waals surface area contributed by atoms with Gasteiger partial charge >= 0.3 is 0 Å². The van der Waals surface area contributed by atoms with E-state index < -0.39 is 5.82 Å². The van der Waals surface area contributed by atoms with Gasteiger partial charge in [0, 0.05) is 46.6 Å². The predicted molar refractivity (Wildman–Crippen MR) is 121 cm³/mol. The third-order valence-electron chi connectivity index (χ3n) is 5.84. The highest BCUT2D eigenvalue weighted by molar-refractivity contribution is 6.16. The van der Waals surface area contributed by atoms with E-state index in [1.165, 1.54) is 0 Å². The van der Waals surface area contributed by atoms with Crippen LogP contribution in [0.5, 0.6) is 0 Å². The van der Waals surface area contributed by atoms with Crippen LogP contribution >= 0.6 is 0 Å². The maximum absolute atomic E-state index is 15.6. The van der Waals surface area contributed by atoms with Crippen LogP contribution in [0.1, 0.15) is 21.5 Å². The molecular weight excluding hydrogens is 405 g/mol. The maximum Gasteiger partial charge on any atom is 0.184 e. The molecule has 1 aromatic heterocycles. The molecule has 0 spiro atoms. The average Bonchev–Trinajstić information content (AvgIpc) is 3.21. The van der Waals surface area contributed by atoms with Gasteiger partial charge in [0.05, 0.1) is 29.2 Å². The van der Waals surface area contributed by atoms with Gasteiger partial charge in [0.25, 0.3) is 0 Å². The molecule has 3 aromatic carbocycles. The summed E-state index contributed by atoms with van der Waals surface area (Å²) in [5, 5.41) is 15.0. The number of nitriles is 1. The molecule has 0 saturated carbocycles. The summed E-state index contributed by atoms with van der Waals surface area (Å²) in [6.45, 7) is 0.310. The first-order valence-electron chi connectivity index (χ1n) is 10.1. The van der Waals surface area contributed by atoms with Crippen molar-refractivity contribution in [1.29, 1.82) is 5.26 Å². The van der Waals surface area contributed by atoms with Crippen molar-refractivity contribution in [3.05, 3.63) is 77.2 Å². The number of fused-ring (bicyclic) bond motifs is 2. The minimum Gasteiger partial charge on any atom is -0.325 e. The number of nitrogens with two attached hydrogens (primary N) is 1. The van der Waals surface area contributed by atoms with E-state index in [0.717, 1.165) is 5.56 Å². The van der Waals surface area contributed by atoms with Crippen molar-refractivity contribution in [2.45, 2.75) is 0 Å². The highest BCUT2D eigenvalue weighted by atomic mass is 19.1. The number of carbonyl (C=O) groups is 1. The molecule has 2 heterocycles. The molecule has 0 bridgehead atoms. The van der Waals surface area contributed by atoms with Crippen molar-refractivity contribution < 1.29 is 9.18 Å². The summed E-state index contributed by atoms with van der Waals surface area (Å²) in [5.41, 5.74) is 10.4. The van der Waals surface area contributed by atoms with Gasteiger partial charge in [-0.15, -0.1) is 0 Å². The minimum absolute atomic E-state index is 0.0607. The molecule has 0 unspecified atom stereocenters. The van der Waals surface area contributed by atoms with Gasteiger partial charge < -0.3 is 5.73 Å². The summed E-state index contributed by atoms with van der Waals surface area (Å²) in [6, 6.07) is 16.1. The maximum atomic E-state index is 15.6. The normalized spacial score (nSPS) is 13.1. The van der Waals surface area contributed by atoms with Gasteiger partial charge in [0.1, 0.15) is 12.4 Å². The van der Waals surface area contributed by atoms with E-state index in [0.29, 0.717) is 44.4 Å². The second-order valence-electron chi connectivity index (χ2n) is 7.62. The Morgan fingerprint density at radius 1 is 1.09 bits per heavy atom. The number of rotatable bonds is 3. The average molecular weight is 423 g/mol. The molecule has 0 radical (unpaired) electrons. The Kier molecular flexibility index (Phi) is 4.65. The fourth-order valence-corrected chi connectivity index (χ4v) is 4.28. The molecular formula is C25H18FN5O. The van der Waals surface area contributed by atoms with Crippen LogP contribution in [0.15, 0.2) is 59.7 Å². The lowest BCUT2D eigenvalue weighted by atomic mass is 9.91. The zero-order valence-electron chi connectivity index (χ0n) is 17.3. The molecule has 6 nitrogen and oxygen atoms in total. The van der Waals surface area contributed by atoms with Crippen molar-refractivity contribution in [2.24, 2.45) is 17.8 Å². The molecule has 0 atom stereocenters. The summed E-state index contributed by atoms with van der Waals surface area (Å²) < 4.78 is 17.2. The van der Waals surface area contributed by atoms with Crippen LogP contribution in [0.25, 0.3) is 33.2 Å². The van der Waals surface area contributed by atoms with Gasteiger partial charge in [-0.2, -0.15) is 10.4 Å². The number of ketones is 1. The third-order valence-corrected chi connectivity index (χ3v) is 5.84. The molecule has 1 aliphatic rings. The number of carbonyl (C=O) groups excluding carboxylic acids is 1. The Bertz CT molecular complexity index is 1490. The summed E-state index contributed by atoms with van der Waals surface area (Å²) in [5.74, 6) is -0.476. The molecule has 0 saturated heterocycles. The molecule has 1 aliphatic heterocycles. The van der Waals surface area contributed by atoms with E-state index >= 15 is 4.39 Å². The van der Waals surface area contributed by atoms with E-state index in [1.807, 2.05) is 12.1 Å². The lowest BCUT2D eigenvalue weighted by Crippen LogP contribution is -2.24. The van der Waals surface area contributed by atoms with Gasteiger partial charge in [-0.3, -0.25) is 14.5 Å². The van der Waals surface area contributed by atoms with Gasteiger partial charge in [-0.25, -0.2) is 4.39 Å². The van der Waals surface area contributed by atoms with E-state index in [2.05, 4.69) is 16.2 Å². The zero-order chi connectivity index (χ0) is 22.4. The first kappa shape index (κ1) is 19.8. The van der Waals surface area contributed by atoms with Crippen molar-refractivity contribution in [1.82, 2.24) is 9.78 Å². The molecule has 5 rings (SSSR count). The number of benzene rings is 3. The Hall–Kier alpha value is -4.15. The van der Waals surface area contributed by atoms with Gasteiger partial charge in [-0.05, 0) is 17.7 Å². The SMILES string of the molecule is Cn1ncc(-c2ccc3c(c2)C(CN)=NCC3=O)c1-c1cc(C#N)c2ccccc2c1F. The van der Waals surface area contributed by atoms with Gasteiger partial charge in [-0.1, -0.05) is 36.4 Å². The Labute approximate surface area is 183 Å². The fraction of sp³-hybridized carbons (Fsp3) is 0.120. The summed E-state index contributed by atoms with van der Waals surface area (Å²) in [6.07, 6.45) is 1.65. The fourth-order valence-electron chi connectivity index (χ4n) is 4.28. The van der Waals surface area contributed by atoms with Crippen LogP contribution in [-0.4, -0.2) is 34.4 Å². The van der Waals surface area contributed by atoms with Crippen LogP contribution < -0.4 is 5.73 Å². The van der Waals surface area contributed by atoms with Crippen molar-refractivity contribution in [3.8, 4) is 28.5 Å². The number of aliphatic imine (C=N–C) groups is 1. The minimum atomic E-state index is -0.415. The molecule has 7 heteroatoms. The van der Waals surface area contributed by atoms with E-state index in [-0.39, 0.29) is 24.4 Å². The Morgan fingerprint density at radius 3 is 2.62 bits per heavy atom. The molecule has 32 heavy (non-hydrogen) atoms. The molecule has 0 fully saturated rings. The number of Topliss-reactive ketones (excluding diaryl/α,β-unsaturated/α-hetero) is 1. The molecule has 4 aromatic rings. The summed E-state index contributed by atoms with van der Waals surface area (Å²) >= 11 is 0. The van der Waals surface area contributed by atoms with Gasteiger partial charge in [0.15, 0.2) is 5.78 Å². The monoisotopic (exact) mass is 423 g/mol. The highest BCUT2D eigenvalue weighted by Crippen LogP contribution is 2.38. The summed E-state index contributed by atoms with van der Waals surface area (Å²) in [7, 11) is 1.73. The van der Waals surface area contributed by atoms with Crippen LogP contribution in [-0.2, 0) is 7.05 Å². The van der Waals surface area contributed by atoms with Crippen LogP contribution in [0, 0.1) is 17.1 Å². The number of hydrogen-bond donors (Lipinski definition) is 1. The number of halogens is 1. The molecule has 0 amide bonds. The first-order chi connectivity index (χ1) is 15.5. The number of nitrogens with zero attached hydrogens (tertiary/aromatic N) is 4. The topological polar surface area (TPSA) is 97.1 Å². The third kappa shape index (κ3) is 2.93. The first-order valence-corrected chi connectivity index (χ1v) is 10.1. The second-order valence-corrected chi connectivity index (χ2v) is 7.62. The van der Waals surface area contributed by atoms with Crippen molar-refractivity contribution in [2.75, 3.05) is 13.1 Å². The van der Waals surface area contributed by atoms with Crippen LogP contribution in [0.4, 0.5) is 4.39 Å². The summed E-state index contributed by atoms with van der Waals surface area (Å²) in [4.78, 5) is 16.6. The van der Waals surface area contributed by atoms with Crippen molar-refractivity contribution in [3.63, 3.8) is 0 Å². The second kappa shape index (κ2) is 7.52. The smallest absolute Gasteiger partial charge is 0.184 e. The zero-order valence-corrected chi connectivity index (χ0v) is 17.3. The van der Waals surface area contributed by atoms with Crippen molar-refractivity contribution >= 4 is 22.3 Å². The molecule has 2 N–H and O–H groups in total. The van der Waals surface area contributed by atoms with E-state index in [1.54, 1.807) is 54.3 Å². The Morgan fingerprint density at radius 2 is 1.88 bits per heavy atom. The quantitative estimate of drug-likeness (QED) is 0.541. The standard InChI is InChI=1S/C25H18FN5O/c1-31-25(20-9-15(10-27)16-4-2-3-5-18(16)24(20)26)21(12-30-31)14-6-7-17-19(8-14)22(11-28)29-13-23(17)32/h2-9,12H,11,13,28H2,1H3. The van der Waals surface area contributed by atoms with Gasteiger partial charge in [0.2, 0.25) is 0 Å². The molecule has 156 valence electrons. The largest absolute Gasteiger partial charge is 0.325 e.